The molecular weight excluding hydrogens is 248 g/mol. The fourth-order valence-corrected chi connectivity index (χ4v) is 2.31. The highest BCUT2D eigenvalue weighted by Crippen LogP contribution is 2.25. The zero-order valence-corrected chi connectivity index (χ0v) is 13.1. The maximum Gasteiger partial charge on any atom is 0.161 e. The molecule has 108 valence electrons. The molecule has 0 saturated carbocycles. The molecule has 0 saturated heterocycles. The van der Waals surface area contributed by atoms with Crippen LogP contribution in [0.3, 0.4) is 0 Å². The number of carbonyl (C=O) groups is 1. The maximum absolute atomic E-state index is 11.8. The molecule has 0 aliphatic rings. The van der Waals surface area contributed by atoms with Gasteiger partial charge in [-0.15, -0.1) is 0 Å². The Balaban J connectivity index is 3.28. The van der Waals surface area contributed by atoms with E-state index >= 15 is 0 Å². The lowest BCUT2D eigenvalue weighted by atomic mass is 10.0. The number of rotatable bonds is 6. The van der Waals surface area contributed by atoms with Crippen molar-refractivity contribution >= 4 is 11.5 Å². The number of hydrogen-bond acceptors (Lipinski definition) is 3. The third-order valence-electron chi connectivity index (χ3n) is 3.02. The van der Waals surface area contributed by atoms with E-state index in [0.717, 1.165) is 18.8 Å². The topological polar surface area (TPSA) is 44.1 Å². The van der Waals surface area contributed by atoms with Crippen LogP contribution in [0, 0.1) is 23.2 Å². The molecule has 3 heteroatoms. The first-order chi connectivity index (χ1) is 9.35. The van der Waals surface area contributed by atoms with Crippen molar-refractivity contribution in [3.8, 4) is 6.07 Å². The van der Waals surface area contributed by atoms with Crippen LogP contribution >= 0.6 is 0 Å². The normalized spacial score (nSPS) is 10.7. The lowest BCUT2D eigenvalue weighted by Crippen LogP contribution is -2.32. The SMILES string of the molecule is CC(=O)c1ccc(C#N)cc1N(CC(C)C)CC(C)C. The fraction of sp³-hybridized carbons (Fsp3) is 0.529. The van der Waals surface area contributed by atoms with Crippen molar-refractivity contribution in [3.05, 3.63) is 29.3 Å². The van der Waals surface area contributed by atoms with Crippen molar-refractivity contribution in [2.75, 3.05) is 18.0 Å². The minimum Gasteiger partial charge on any atom is -0.370 e. The Hall–Kier alpha value is -1.82. The highest BCUT2D eigenvalue weighted by Gasteiger charge is 2.17. The summed E-state index contributed by atoms with van der Waals surface area (Å²) in [4.78, 5) is 14.1. The van der Waals surface area contributed by atoms with Gasteiger partial charge in [-0.25, -0.2) is 0 Å². The van der Waals surface area contributed by atoms with Gasteiger partial charge in [0, 0.05) is 24.3 Å². The van der Waals surface area contributed by atoms with Gasteiger partial charge >= 0.3 is 0 Å². The van der Waals surface area contributed by atoms with Gasteiger partial charge in [-0.05, 0) is 37.0 Å². The third kappa shape index (κ3) is 4.38. The largest absolute Gasteiger partial charge is 0.370 e. The molecule has 0 unspecified atom stereocenters. The first-order valence-electron chi connectivity index (χ1n) is 7.15. The van der Waals surface area contributed by atoms with Crippen molar-refractivity contribution in [2.45, 2.75) is 34.6 Å². The number of ketones is 1. The van der Waals surface area contributed by atoms with Crippen molar-refractivity contribution < 1.29 is 4.79 Å². The van der Waals surface area contributed by atoms with E-state index < -0.39 is 0 Å². The number of hydrogen-bond donors (Lipinski definition) is 0. The predicted molar refractivity (Wildman–Crippen MR) is 83.1 cm³/mol. The maximum atomic E-state index is 11.8. The molecule has 0 radical (unpaired) electrons. The van der Waals surface area contributed by atoms with E-state index in [-0.39, 0.29) is 5.78 Å². The average Bonchev–Trinajstić information content (AvgIpc) is 2.36. The molecule has 1 aromatic carbocycles. The number of carbonyl (C=O) groups excluding carboxylic acids is 1. The van der Waals surface area contributed by atoms with Crippen LogP contribution < -0.4 is 4.90 Å². The second-order valence-electron chi connectivity index (χ2n) is 6.09. The van der Waals surface area contributed by atoms with Crippen molar-refractivity contribution in [1.29, 1.82) is 5.26 Å². The van der Waals surface area contributed by atoms with Gasteiger partial charge in [0.1, 0.15) is 0 Å². The highest BCUT2D eigenvalue weighted by molar-refractivity contribution is 6.00. The summed E-state index contributed by atoms with van der Waals surface area (Å²) in [6.45, 7) is 12.0. The standard InChI is InChI=1S/C17H24N2O/c1-12(2)10-19(11-13(3)4)17-8-15(9-18)6-7-16(17)14(5)20/h6-8,12-13H,10-11H2,1-5H3. The Morgan fingerprint density at radius 3 is 2.15 bits per heavy atom. The van der Waals surface area contributed by atoms with E-state index in [0.29, 0.717) is 23.0 Å². The molecule has 0 fully saturated rings. The number of Topliss-reactive ketones (excluding diaryl/α,β-unsaturated/α-hetero) is 1. The van der Waals surface area contributed by atoms with Crippen LogP contribution in [-0.2, 0) is 0 Å². The summed E-state index contributed by atoms with van der Waals surface area (Å²) in [5, 5.41) is 9.08. The van der Waals surface area contributed by atoms with Crippen molar-refractivity contribution in [3.63, 3.8) is 0 Å². The molecule has 0 atom stereocenters. The van der Waals surface area contributed by atoms with Crippen LogP contribution in [0.1, 0.15) is 50.5 Å². The molecule has 1 rings (SSSR count). The summed E-state index contributed by atoms with van der Waals surface area (Å²) in [7, 11) is 0. The predicted octanol–water partition coefficient (Wildman–Crippen LogP) is 3.88. The van der Waals surface area contributed by atoms with Crippen LogP contribution in [0.2, 0.25) is 0 Å². The Kier molecular flexibility index (Phi) is 5.76. The quantitative estimate of drug-likeness (QED) is 0.738. The summed E-state index contributed by atoms with van der Waals surface area (Å²) < 4.78 is 0. The molecule has 0 aromatic heterocycles. The second kappa shape index (κ2) is 7.09. The molecule has 0 amide bonds. The zero-order valence-electron chi connectivity index (χ0n) is 13.1. The summed E-state index contributed by atoms with van der Waals surface area (Å²) in [5.41, 5.74) is 2.19. The number of nitrogens with zero attached hydrogens (tertiary/aromatic N) is 2. The van der Waals surface area contributed by atoms with Crippen LogP contribution in [0.4, 0.5) is 5.69 Å². The second-order valence-corrected chi connectivity index (χ2v) is 6.09. The minimum atomic E-state index is 0.0435. The molecule has 3 nitrogen and oxygen atoms in total. The van der Waals surface area contributed by atoms with Crippen LogP contribution in [0.5, 0.6) is 0 Å². The van der Waals surface area contributed by atoms with Crippen LogP contribution in [-0.4, -0.2) is 18.9 Å². The van der Waals surface area contributed by atoms with Gasteiger partial charge in [0.15, 0.2) is 5.78 Å². The summed E-state index contributed by atoms with van der Waals surface area (Å²) in [5.74, 6) is 1.04. The summed E-state index contributed by atoms with van der Waals surface area (Å²) in [6, 6.07) is 7.47. The molecule has 0 aliphatic heterocycles. The third-order valence-corrected chi connectivity index (χ3v) is 3.02. The smallest absolute Gasteiger partial charge is 0.161 e. The molecular formula is C17H24N2O. The fourth-order valence-electron chi connectivity index (χ4n) is 2.31. The van der Waals surface area contributed by atoms with E-state index in [2.05, 4.69) is 38.7 Å². The van der Waals surface area contributed by atoms with Gasteiger partial charge in [-0.2, -0.15) is 5.26 Å². The van der Waals surface area contributed by atoms with Crippen molar-refractivity contribution in [2.24, 2.45) is 11.8 Å². The van der Waals surface area contributed by atoms with E-state index in [1.807, 2.05) is 6.07 Å². The highest BCUT2D eigenvalue weighted by atomic mass is 16.1. The number of benzene rings is 1. The minimum absolute atomic E-state index is 0.0435. The van der Waals surface area contributed by atoms with Crippen LogP contribution in [0.15, 0.2) is 18.2 Å². The molecule has 0 N–H and O–H groups in total. The molecule has 20 heavy (non-hydrogen) atoms. The molecule has 0 heterocycles. The van der Waals surface area contributed by atoms with Gasteiger partial charge in [-0.3, -0.25) is 4.79 Å². The van der Waals surface area contributed by atoms with Crippen molar-refractivity contribution in [1.82, 2.24) is 0 Å². The Bertz CT molecular complexity index is 502. The Morgan fingerprint density at radius 2 is 1.75 bits per heavy atom. The van der Waals surface area contributed by atoms with Gasteiger partial charge in [0.05, 0.1) is 11.6 Å². The lowest BCUT2D eigenvalue weighted by Gasteiger charge is -2.30. The molecule has 0 aliphatic carbocycles. The Morgan fingerprint density at radius 1 is 1.20 bits per heavy atom. The molecule has 1 aromatic rings. The zero-order chi connectivity index (χ0) is 15.3. The summed E-state index contributed by atoms with van der Waals surface area (Å²) in [6.07, 6.45) is 0. The number of nitriles is 1. The van der Waals surface area contributed by atoms with E-state index in [1.165, 1.54) is 0 Å². The van der Waals surface area contributed by atoms with Gasteiger partial charge < -0.3 is 4.90 Å². The summed E-state index contributed by atoms with van der Waals surface area (Å²) >= 11 is 0. The monoisotopic (exact) mass is 272 g/mol. The van der Waals surface area contributed by atoms with E-state index in [4.69, 9.17) is 5.26 Å². The lowest BCUT2D eigenvalue weighted by molar-refractivity contribution is 0.101. The van der Waals surface area contributed by atoms with E-state index in [1.54, 1.807) is 19.1 Å². The first-order valence-corrected chi connectivity index (χ1v) is 7.15. The van der Waals surface area contributed by atoms with Gasteiger partial charge in [0.25, 0.3) is 0 Å². The van der Waals surface area contributed by atoms with Crippen LogP contribution in [0.25, 0.3) is 0 Å². The van der Waals surface area contributed by atoms with E-state index in [9.17, 15) is 4.79 Å². The number of anilines is 1. The van der Waals surface area contributed by atoms with Gasteiger partial charge in [-0.1, -0.05) is 27.7 Å². The van der Waals surface area contributed by atoms with Gasteiger partial charge in [0.2, 0.25) is 0 Å². The molecule has 0 bridgehead atoms. The first kappa shape index (κ1) is 16.2. The average molecular weight is 272 g/mol. The Labute approximate surface area is 122 Å². The molecule has 0 spiro atoms.